The molecule has 0 saturated heterocycles. The standard InChI is InChI=1S/C27H24N6S/c1-32(2)20-29-26-24(18-28)34-27(33(26)19-21-12-6-3-7-13-21)31-25(22-14-8-4-9-15-22)30-23-16-10-5-11-17-23/h3-17,20H,19H2,1-2H3/b29-20+,30-25?,31-27?. The van der Waals surface area contributed by atoms with Gasteiger partial charge in [-0.2, -0.15) is 5.26 Å². The molecule has 0 spiro atoms. The van der Waals surface area contributed by atoms with Crippen molar-refractivity contribution in [1.29, 1.82) is 5.26 Å². The van der Waals surface area contributed by atoms with Crippen molar-refractivity contribution in [1.82, 2.24) is 9.47 Å². The average Bonchev–Trinajstić information content (AvgIpc) is 3.20. The molecular weight excluding hydrogens is 440 g/mol. The van der Waals surface area contributed by atoms with Gasteiger partial charge in [0.15, 0.2) is 21.3 Å². The number of aromatic nitrogens is 1. The second-order valence-corrected chi connectivity index (χ2v) is 8.66. The van der Waals surface area contributed by atoms with E-state index < -0.39 is 0 Å². The maximum Gasteiger partial charge on any atom is 0.194 e. The first-order valence-corrected chi connectivity index (χ1v) is 11.6. The molecule has 0 unspecified atom stereocenters. The van der Waals surface area contributed by atoms with Gasteiger partial charge in [0.2, 0.25) is 0 Å². The van der Waals surface area contributed by atoms with E-state index in [-0.39, 0.29) is 0 Å². The molecule has 1 aromatic heterocycles. The van der Waals surface area contributed by atoms with Gasteiger partial charge in [-0.05, 0) is 17.7 Å². The molecule has 0 aliphatic heterocycles. The predicted octanol–water partition coefficient (Wildman–Crippen LogP) is 5.37. The van der Waals surface area contributed by atoms with Crippen molar-refractivity contribution in [3.8, 4) is 6.07 Å². The molecule has 0 aliphatic rings. The van der Waals surface area contributed by atoms with Crippen LogP contribution in [0.1, 0.15) is 16.0 Å². The van der Waals surface area contributed by atoms with Crippen LogP contribution < -0.4 is 4.80 Å². The lowest BCUT2D eigenvalue weighted by molar-refractivity contribution is 0.641. The van der Waals surface area contributed by atoms with Gasteiger partial charge in [0.1, 0.15) is 6.07 Å². The lowest BCUT2D eigenvalue weighted by Crippen LogP contribution is -2.18. The van der Waals surface area contributed by atoms with E-state index in [4.69, 9.17) is 9.98 Å². The zero-order valence-electron chi connectivity index (χ0n) is 19.0. The van der Waals surface area contributed by atoms with Crippen LogP contribution in [0.2, 0.25) is 0 Å². The number of nitrogens with zero attached hydrogens (tertiary/aromatic N) is 6. The highest BCUT2D eigenvalue weighted by atomic mass is 32.1. The first-order valence-electron chi connectivity index (χ1n) is 10.8. The Hall–Kier alpha value is -4.28. The molecule has 1 heterocycles. The molecule has 0 radical (unpaired) electrons. The molecule has 0 bridgehead atoms. The van der Waals surface area contributed by atoms with E-state index in [1.54, 1.807) is 6.34 Å². The predicted molar refractivity (Wildman–Crippen MR) is 139 cm³/mol. The number of benzene rings is 3. The van der Waals surface area contributed by atoms with E-state index in [1.807, 2.05) is 102 Å². The van der Waals surface area contributed by atoms with Crippen molar-refractivity contribution in [2.45, 2.75) is 6.54 Å². The van der Waals surface area contributed by atoms with Crippen molar-refractivity contribution >= 4 is 35.0 Å². The third kappa shape index (κ3) is 5.74. The van der Waals surface area contributed by atoms with E-state index in [2.05, 4.69) is 23.2 Å². The van der Waals surface area contributed by atoms with Crippen LogP contribution in [0.25, 0.3) is 0 Å². The van der Waals surface area contributed by atoms with Crippen LogP contribution in [-0.4, -0.2) is 35.7 Å². The van der Waals surface area contributed by atoms with Gasteiger partial charge in [0, 0.05) is 19.7 Å². The molecule has 168 valence electrons. The summed E-state index contributed by atoms with van der Waals surface area (Å²) in [6.07, 6.45) is 1.70. The summed E-state index contributed by atoms with van der Waals surface area (Å²) < 4.78 is 1.97. The first-order chi connectivity index (χ1) is 16.6. The maximum atomic E-state index is 9.86. The lowest BCUT2D eigenvalue weighted by Gasteiger charge is -2.08. The van der Waals surface area contributed by atoms with Gasteiger partial charge in [-0.3, -0.25) is 4.57 Å². The number of hydrogen-bond acceptors (Lipinski definition) is 4. The Kier molecular flexibility index (Phi) is 7.43. The summed E-state index contributed by atoms with van der Waals surface area (Å²) in [4.78, 5) is 17.4. The van der Waals surface area contributed by atoms with E-state index in [0.717, 1.165) is 16.8 Å². The molecule has 34 heavy (non-hydrogen) atoms. The minimum Gasteiger partial charge on any atom is -0.369 e. The number of hydrogen-bond donors (Lipinski definition) is 0. The number of thiazole rings is 1. The molecule has 0 amide bonds. The molecule has 0 saturated carbocycles. The van der Waals surface area contributed by atoms with Gasteiger partial charge < -0.3 is 4.90 Å². The number of para-hydroxylation sites is 1. The second kappa shape index (κ2) is 11.0. The maximum absolute atomic E-state index is 9.86. The lowest BCUT2D eigenvalue weighted by atomic mass is 10.2. The molecule has 0 atom stereocenters. The molecule has 7 heteroatoms. The summed E-state index contributed by atoms with van der Waals surface area (Å²) in [6, 6.07) is 32.0. The topological polar surface area (TPSA) is 69.0 Å². The minimum absolute atomic E-state index is 0.500. The van der Waals surface area contributed by atoms with Gasteiger partial charge in [-0.15, -0.1) is 0 Å². The summed E-state index contributed by atoms with van der Waals surface area (Å²) in [6.45, 7) is 0.533. The van der Waals surface area contributed by atoms with Gasteiger partial charge in [-0.1, -0.05) is 90.2 Å². The number of rotatable bonds is 6. The summed E-state index contributed by atoms with van der Waals surface area (Å²) in [5.41, 5.74) is 2.79. The normalized spacial score (nSPS) is 12.1. The van der Waals surface area contributed by atoms with Crippen molar-refractivity contribution in [2.24, 2.45) is 15.0 Å². The van der Waals surface area contributed by atoms with Crippen LogP contribution in [0.4, 0.5) is 11.5 Å². The van der Waals surface area contributed by atoms with Gasteiger partial charge in [0.05, 0.1) is 18.6 Å². The number of nitriles is 1. The third-order valence-corrected chi connectivity index (χ3v) is 5.78. The second-order valence-electron chi connectivity index (χ2n) is 7.68. The molecule has 6 nitrogen and oxygen atoms in total. The SMILES string of the molecule is CN(C)/C=N/c1c(C#N)sc(=NC(=Nc2ccccc2)c2ccccc2)n1Cc1ccccc1. The van der Waals surface area contributed by atoms with Gasteiger partial charge >= 0.3 is 0 Å². The molecule has 0 aliphatic carbocycles. The summed E-state index contributed by atoms with van der Waals surface area (Å²) >= 11 is 1.31. The fourth-order valence-electron chi connectivity index (χ4n) is 3.22. The third-order valence-electron chi connectivity index (χ3n) is 4.80. The average molecular weight is 465 g/mol. The fourth-order valence-corrected chi connectivity index (χ4v) is 4.10. The first kappa shape index (κ1) is 22.9. The summed E-state index contributed by atoms with van der Waals surface area (Å²) in [5.74, 6) is 1.15. The smallest absolute Gasteiger partial charge is 0.194 e. The van der Waals surface area contributed by atoms with E-state index in [9.17, 15) is 5.26 Å². The largest absolute Gasteiger partial charge is 0.369 e. The zero-order valence-corrected chi connectivity index (χ0v) is 19.9. The molecule has 0 fully saturated rings. The number of amidine groups is 1. The van der Waals surface area contributed by atoms with Crippen LogP contribution in [0.5, 0.6) is 0 Å². The fraction of sp³-hybridized carbons (Fsp3) is 0.111. The van der Waals surface area contributed by atoms with Gasteiger partial charge in [-0.25, -0.2) is 15.0 Å². The highest BCUT2D eigenvalue weighted by molar-refractivity contribution is 7.10. The molecule has 4 aromatic rings. The zero-order chi connectivity index (χ0) is 23.8. The van der Waals surface area contributed by atoms with Crippen LogP contribution in [0.15, 0.2) is 106 Å². The van der Waals surface area contributed by atoms with Crippen molar-refractivity contribution < 1.29 is 0 Å². The molecule has 4 rings (SSSR count). The minimum atomic E-state index is 0.500. The quantitative estimate of drug-likeness (QED) is 0.284. The van der Waals surface area contributed by atoms with Crippen molar-refractivity contribution in [3.63, 3.8) is 0 Å². The Morgan fingerprint density at radius 3 is 2.18 bits per heavy atom. The molecule has 0 N–H and O–H groups in total. The Bertz CT molecular complexity index is 1390. The molecule has 3 aromatic carbocycles. The van der Waals surface area contributed by atoms with E-state index in [0.29, 0.717) is 27.9 Å². The van der Waals surface area contributed by atoms with Crippen LogP contribution in [-0.2, 0) is 6.54 Å². The van der Waals surface area contributed by atoms with Gasteiger partial charge in [0.25, 0.3) is 0 Å². The highest BCUT2D eigenvalue weighted by Gasteiger charge is 2.15. The highest BCUT2D eigenvalue weighted by Crippen LogP contribution is 2.23. The number of aliphatic imine (C=N–C) groups is 2. The van der Waals surface area contributed by atoms with Crippen molar-refractivity contribution in [2.75, 3.05) is 14.1 Å². The Balaban J connectivity index is 1.94. The van der Waals surface area contributed by atoms with Crippen LogP contribution in [0.3, 0.4) is 0 Å². The van der Waals surface area contributed by atoms with E-state index >= 15 is 0 Å². The summed E-state index contributed by atoms with van der Waals surface area (Å²) in [5, 5.41) is 9.86. The molecular formula is C27H24N6S. The monoisotopic (exact) mass is 464 g/mol. The van der Waals surface area contributed by atoms with Crippen molar-refractivity contribution in [3.05, 3.63) is 112 Å². The Morgan fingerprint density at radius 1 is 0.941 bits per heavy atom. The Labute approximate surface area is 203 Å². The van der Waals surface area contributed by atoms with E-state index in [1.165, 1.54) is 11.3 Å². The van der Waals surface area contributed by atoms with Crippen LogP contribution >= 0.6 is 11.3 Å². The Morgan fingerprint density at radius 2 is 1.56 bits per heavy atom. The summed E-state index contributed by atoms with van der Waals surface area (Å²) in [7, 11) is 3.80. The van der Waals surface area contributed by atoms with Crippen LogP contribution in [0, 0.1) is 11.3 Å².